The first-order chi connectivity index (χ1) is 14.5. The Labute approximate surface area is 176 Å². The number of furan rings is 1. The molecule has 154 valence electrons. The maximum Gasteiger partial charge on any atom is 0.338 e. The van der Waals surface area contributed by atoms with E-state index in [0.29, 0.717) is 40.2 Å². The lowest BCUT2D eigenvalue weighted by atomic mass is 10.1. The van der Waals surface area contributed by atoms with Crippen LogP contribution < -0.4 is 0 Å². The summed E-state index contributed by atoms with van der Waals surface area (Å²) in [6.07, 6.45) is 1.96. The molecule has 4 aromatic rings. The van der Waals surface area contributed by atoms with E-state index < -0.39 is 15.8 Å². The minimum Gasteiger partial charge on any atom is -0.465 e. The van der Waals surface area contributed by atoms with Crippen LogP contribution in [-0.2, 0) is 14.6 Å². The topological polar surface area (TPSA) is 104 Å². The van der Waals surface area contributed by atoms with Gasteiger partial charge in [0.1, 0.15) is 5.69 Å². The van der Waals surface area contributed by atoms with Gasteiger partial charge in [0, 0.05) is 0 Å². The number of hydrogen-bond acceptors (Lipinski definition) is 8. The van der Waals surface area contributed by atoms with Gasteiger partial charge in [-0.2, -0.15) is 5.10 Å². The molecule has 0 spiro atoms. The smallest absolute Gasteiger partial charge is 0.338 e. The highest BCUT2D eigenvalue weighted by Crippen LogP contribution is 2.37. The van der Waals surface area contributed by atoms with Crippen molar-refractivity contribution in [2.24, 2.45) is 0 Å². The molecule has 0 amide bonds. The summed E-state index contributed by atoms with van der Waals surface area (Å²) < 4.78 is 36.4. The molecule has 1 aliphatic rings. The molecule has 8 nitrogen and oxygen atoms in total. The van der Waals surface area contributed by atoms with Gasteiger partial charge >= 0.3 is 5.97 Å². The zero-order valence-electron chi connectivity index (χ0n) is 15.9. The third-order valence-corrected chi connectivity index (χ3v) is 7.79. The van der Waals surface area contributed by atoms with E-state index in [2.05, 4.69) is 5.10 Å². The number of aromatic nitrogens is 3. The lowest BCUT2D eigenvalue weighted by molar-refractivity contribution is 0.0603. The Morgan fingerprint density at radius 2 is 2.20 bits per heavy atom. The van der Waals surface area contributed by atoms with E-state index in [0.717, 1.165) is 4.88 Å². The molecule has 0 unspecified atom stereocenters. The van der Waals surface area contributed by atoms with Crippen molar-refractivity contribution in [1.82, 2.24) is 14.8 Å². The summed E-state index contributed by atoms with van der Waals surface area (Å²) in [5.74, 6) is 0.0331. The van der Waals surface area contributed by atoms with Gasteiger partial charge in [-0.3, -0.25) is 0 Å². The molecule has 10 heteroatoms. The molecule has 5 heterocycles. The maximum absolute atomic E-state index is 12.7. The van der Waals surface area contributed by atoms with Crippen molar-refractivity contribution >= 4 is 38.2 Å². The molecule has 0 radical (unpaired) electrons. The number of carbonyl (C=O) groups is 1. The predicted molar refractivity (Wildman–Crippen MR) is 112 cm³/mol. The van der Waals surface area contributed by atoms with Crippen molar-refractivity contribution in [2.45, 2.75) is 12.5 Å². The molecule has 0 aliphatic carbocycles. The number of esters is 1. The van der Waals surface area contributed by atoms with Gasteiger partial charge in [0.25, 0.3) is 0 Å². The average Bonchev–Trinajstić information content (AvgIpc) is 3.51. The number of nitrogens with zero attached hydrogens (tertiary/aromatic N) is 3. The van der Waals surface area contributed by atoms with Gasteiger partial charge in [-0.25, -0.2) is 22.9 Å². The second-order valence-electron chi connectivity index (χ2n) is 7.05. The largest absolute Gasteiger partial charge is 0.465 e. The number of fused-ring (bicyclic) bond motifs is 1. The molecule has 0 N–H and O–H groups in total. The Hall–Kier alpha value is -2.98. The molecule has 1 atom stereocenters. The quantitative estimate of drug-likeness (QED) is 0.444. The van der Waals surface area contributed by atoms with Crippen LogP contribution in [0.1, 0.15) is 22.8 Å². The van der Waals surface area contributed by atoms with Crippen LogP contribution in [0.5, 0.6) is 0 Å². The first kappa shape index (κ1) is 19.0. The summed E-state index contributed by atoms with van der Waals surface area (Å²) >= 11 is 1.50. The molecule has 1 aliphatic heterocycles. The lowest BCUT2D eigenvalue weighted by Gasteiger charge is -2.11. The molecule has 0 saturated carbocycles. The SMILES string of the molecule is COC(=O)c1cc(-c2cccs2)nc2c1c(-c1ccco1)nn2[C@H]1CCS(=O)(=O)C1. The summed E-state index contributed by atoms with van der Waals surface area (Å²) in [5.41, 5.74) is 1.79. The van der Waals surface area contributed by atoms with E-state index in [1.54, 1.807) is 22.9 Å². The summed E-state index contributed by atoms with van der Waals surface area (Å²) in [6, 6.07) is 8.60. The first-order valence-corrected chi connectivity index (χ1v) is 12.0. The summed E-state index contributed by atoms with van der Waals surface area (Å²) in [4.78, 5) is 18.4. The Morgan fingerprint density at radius 3 is 2.83 bits per heavy atom. The third-order valence-electron chi connectivity index (χ3n) is 5.15. The molecule has 5 rings (SSSR count). The number of methoxy groups -OCH3 is 1. The van der Waals surface area contributed by atoms with Crippen LogP contribution in [0.2, 0.25) is 0 Å². The zero-order chi connectivity index (χ0) is 20.9. The van der Waals surface area contributed by atoms with Gasteiger partial charge in [-0.15, -0.1) is 11.3 Å². The van der Waals surface area contributed by atoms with Crippen LogP contribution in [0.4, 0.5) is 0 Å². The molecule has 30 heavy (non-hydrogen) atoms. The summed E-state index contributed by atoms with van der Waals surface area (Å²) in [7, 11) is -1.82. The third kappa shape index (κ3) is 3.12. The first-order valence-electron chi connectivity index (χ1n) is 9.26. The lowest BCUT2D eigenvalue weighted by Crippen LogP contribution is -2.13. The summed E-state index contributed by atoms with van der Waals surface area (Å²) in [6.45, 7) is 0. The number of rotatable bonds is 4. The zero-order valence-corrected chi connectivity index (χ0v) is 17.6. The monoisotopic (exact) mass is 443 g/mol. The van der Waals surface area contributed by atoms with Crippen LogP contribution >= 0.6 is 11.3 Å². The Bertz CT molecular complexity index is 1340. The molecule has 1 saturated heterocycles. The van der Waals surface area contributed by atoms with Crippen molar-refractivity contribution < 1.29 is 22.4 Å². The second-order valence-corrected chi connectivity index (χ2v) is 10.2. The van der Waals surface area contributed by atoms with E-state index in [9.17, 15) is 13.2 Å². The summed E-state index contributed by atoms with van der Waals surface area (Å²) in [5, 5.41) is 7.08. The molecule has 0 bridgehead atoms. The predicted octanol–water partition coefficient (Wildman–Crippen LogP) is 3.57. The van der Waals surface area contributed by atoms with Crippen LogP contribution in [0, 0.1) is 0 Å². The van der Waals surface area contributed by atoms with Crippen molar-refractivity contribution in [2.75, 3.05) is 18.6 Å². The van der Waals surface area contributed by atoms with Crippen LogP contribution in [0.3, 0.4) is 0 Å². The van der Waals surface area contributed by atoms with Crippen molar-refractivity contribution in [3.8, 4) is 22.0 Å². The fourth-order valence-corrected chi connectivity index (χ4v) is 6.14. The number of thiophene rings is 1. The Kier molecular flexibility index (Phi) is 4.48. The number of carbonyl (C=O) groups excluding carboxylic acids is 1. The van der Waals surface area contributed by atoms with E-state index in [4.69, 9.17) is 14.1 Å². The van der Waals surface area contributed by atoms with Gasteiger partial charge in [-0.05, 0) is 36.1 Å². The van der Waals surface area contributed by atoms with E-state index in [1.165, 1.54) is 24.7 Å². The average molecular weight is 444 g/mol. The minimum absolute atomic E-state index is 0.0140. The number of ether oxygens (including phenoxy) is 1. The van der Waals surface area contributed by atoms with Gasteiger partial charge in [0.2, 0.25) is 0 Å². The standard InChI is InChI=1S/C20H17N3O5S2/c1-27-20(24)13-10-14(16-5-3-8-29-16)21-19-17(13)18(15-4-2-7-28-15)22-23(19)12-6-9-30(25,26)11-12/h2-5,7-8,10,12H,6,9,11H2,1H3/t12-/m0/s1. The van der Waals surface area contributed by atoms with Crippen molar-refractivity contribution in [3.63, 3.8) is 0 Å². The molecular formula is C20H17N3O5S2. The van der Waals surface area contributed by atoms with Gasteiger partial charge < -0.3 is 9.15 Å². The highest BCUT2D eigenvalue weighted by molar-refractivity contribution is 7.91. The Morgan fingerprint density at radius 1 is 1.33 bits per heavy atom. The van der Waals surface area contributed by atoms with E-state index in [1.807, 2.05) is 17.5 Å². The van der Waals surface area contributed by atoms with Crippen molar-refractivity contribution in [3.05, 3.63) is 47.5 Å². The second kappa shape index (κ2) is 7.06. The highest BCUT2D eigenvalue weighted by atomic mass is 32.2. The van der Waals surface area contributed by atoms with Crippen LogP contribution in [-0.4, -0.2) is 47.8 Å². The normalized spacial score (nSPS) is 18.1. The number of sulfone groups is 1. The van der Waals surface area contributed by atoms with Crippen LogP contribution in [0.25, 0.3) is 33.1 Å². The van der Waals surface area contributed by atoms with Gasteiger partial charge in [-0.1, -0.05) is 6.07 Å². The van der Waals surface area contributed by atoms with Gasteiger partial charge in [0.15, 0.2) is 21.2 Å². The molecular weight excluding hydrogens is 426 g/mol. The van der Waals surface area contributed by atoms with E-state index in [-0.39, 0.29) is 17.5 Å². The van der Waals surface area contributed by atoms with Crippen LogP contribution in [0.15, 0.2) is 46.4 Å². The number of pyridine rings is 1. The van der Waals surface area contributed by atoms with Crippen molar-refractivity contribution in [1.29, 1.82) is 0 Å². The molecule has 1 fully saturated rings. The van der Waals surface area contributed by atoms with Gasteiger partial charge in [0.05, 0.1) is 52.4 Å². The number of hydrogen-bond donors (Lipinski definition) is 0. The fourth-order valence-electron chi connectivity index (χ4n) is 3.77. The highest BCUT2D eigenvalue weighted by Gasteiger charge is 2.33. The molecule has 4 aromatic heterocycles. The Balaban J connectivity index is 1.83. The fraction of sp³-hybridized carbons (Fsp3) is 0.250. The minimum atomic E-state index is -3.14. The van der Waals surface area contributed by atoms with E-state index >= 15 is 0 Å². The molecule has 0 aromatic carbocycles. The maximum atomic E-state index is 12.7.